The van der Waals surface area contributed by atoms with Crippen molar-refractivity contribution in [1.29, 1.82) is 0 Å². The molecule has 0 aromatic carbocycles. The van der Waals surface area contributed by atoms with Crippen molar-refractivity contribution in [2.24, 2.45) is 0 Å². The van der Waals surface area contributed by atoms with E-state index >= 15 is 0 Å². The van der Waals surface area contributed by atoms with Crippen LogP contribution in [0.1, 0.15) is 38.5 Å². The van der Waals surface area contributed by atoms with Crippen LogP contribution >= 0.6 is 65.7 Å². The minimum Gasteiger partial charge on any atom is -0.303 e. The number of thiocarbonyl (C=S) groups is 2. The van der Waals surface area contributed by atoms with Gasteiger partial charge in [-0.05, 0) is 66.9 Å². The second kappa shape index (κ2) is 11.6. The highest BCUT2D eigenvalue weighted by molar-refractivity contribution is 9.29. The molecule has 2 rings (SSSR count). The van der Waals surface area contributed by atoms with Crippen LogP contribution in [-0.2, 0) is 0 Å². The van der Waals surface area contributed by atoms with Gasteiger partial charge in [0, 0.05) is 26.2 Å². The van der Waals surface area contributed by atoms with Crippen LogP contribution in [0, 0.1) is 0 Å². The van der Waals surface area contributed by atoms with E-state index in [-0.39, 0.29) is 0 Å². The predicted octanol–water partition coefficient (Wildman–Crippen LogP) is 4.22. The van der Waals surface area contributed by atoms with Gasteiger partial charge in [-0.2, -0.15) is 0 Å². The molecule has 10 heteroatoms. The van der Waals surface area contributed by atoms with Crippen molar-refractivity contribution < 1.29 is 0 Å². The van der Waals surface area contributed by atoms with Crippen molar-refractivity contribution in [3.05, 3.63) is 0 Å². The molecule has 0 saturated carbocycles. The van der Waals surface area contributed by atoms with Crippen LogP contribution in [-0.4, -0.2) is 44.8 Å². The van der Waals surface area contributed by atoms with Gasteiger partial charge in [-0.15, -0.1) is 0 Å². The van der Waals surface area contributed by atoms with Gasteiger partial charge in [0.1, 0.15) is 0 Å². The van der Waals surface area contributed by atoms with Gasteiger partial charge in [0.25, 0.3) is 0 Å². The fourth-order valence-electron chi connectivity index (χ4n) is 2.40. The molecule has 0 atom stereocenters. The number of nitrogens with one attached hydrogen (secondary N) is 2. The zero-order valence-electron chi connectivity index (χ0n) is 12.4. The largest absolute Gasteiger partial charge is 0.303 e. The summed E-state index contributed by atoms with van der Waals surface area (Å²) in [5.74, 6) is 0. The summed E-state index contributed by atoms with van der Waals surface area (Å²) in [6.45, 7) is 4.38. The van der Waals surface area contributed by atoms with Crippen LogP contribution in [0.4, 0.5) is 0 Å². The molecule has 0 amide bonds. The van der Waals surface area contributed by atoms with E-state index in [2.05, 4.69) is 20.9 Å². The average Bonchev–Trinajstić information content (AvgIpc) is 2.53. The van der Waals surface area contributed by atoms with Crippen LogP contribution in [0.5, 0.6) is 0 Å². The van der Waals surface area contributed by atoms with E-state index in [0.29, 0.717) is 0 Å². The van der Waals surface area contributed by atoms with Crippen molar-refractivity contribution in [2.75, 3.05) is 26.2 Å². The highest BCUT2D eigenvalue weighted by Crippen LogP contribution is 2.43. The minimum absolute atomic E-state index is 0.829. The summed E-state index contributed by atoms with van der Waals surface area (Å²) in [5, 5.41) is 4.44. The standard InChI is InChI=1S/C12H22N4S6/c17-11(13-15-7-3-1-4-8-15)19-21-22-20-12(18)14-16-9-5-2-6-10-16/h1-10H2,(H,13,17)(H,14,18). The molecule has 2 saturated heterocycles. The first-order chi connectivity index (χ1) is 10.7. The number of hydrogen-bond acceptors (Lipinski definition) is 8. The van der Waals surface area contributed by atoms with Crippen molar-refractivity contribution in [2.45, 2.75) is 38.5 Å². The number of piperidine rings is 2. The molecular weight excluding hydrogens is 393 g/mol. The molecule has 2 aliphatic heterocycles. The van der Waals surface area contributed by atoms with Crippen LogP contribution in [0.3, 0.4) is 0 Å². The number of hydrazine groups is 2. The van der Waals surface area contributed by atoms with E-state index in [1.165, 1.54) is 38.5 Å². The van der Waals surface area contributed by atoms with Crippen molar-refractivity contribution in [3.63, 3.8) is 0 Å². The zero-order valence-corrected chi connectivity index (χ0v) is 17.3. The van der Waals surface area contributed by atoms with Gasteiger partial charge in [0.2, 0.25) is 0 Å². The Labute approximate surface area is 159 Å². The Morgan fingerprint density at radius 3 is 1.36 bits per heavy atom. The first-order valence-corrected chi connectivity index (χ1v) is 13.2. The minimum atomic E-state index is 0.829. The molecule has 0 spiro atoms. The Hall–Kier alpha value is 1.10. The molecule has 0 aromatic rings. The van der Waals surface area contributed by atoms with E-state index in [0.717, 1.165) is 34.8 Å². The van der Waals surface area contributed by atoms with Gasteiger partial charge in [-0.1, -0.05) is 37.3 Å². The maximum absolute atomic E-state index is 5.35. The summed E-state index contributed by atoms with van der Waals surface area (Å²) in [6.07, 6.45) is 7.70. The summed E-state index contributed by atoms with van der Waals surface area (Å²) in [7, 11) is 6.51. The van der Waals surface area contributed by atoms with Crippen molar-refractivity contribution in [3.8, 4) is 0 Å². The first-order valence-electron chi connectivity index (χ1n) is 7.53. The topological polar surface area (TPSA) is 30.5 Å². The lowest BCUT2D eigenvalue weighted by molar-refractivity contribution is 0.197. The highest BCUT2D eigenvalue weighted by atomic mass is 33.7. The molecule has 22 heavy (non-hydrogen) atoms. The van der Waals surface area contributed by atoms with Crippen LogP contribution < -0.4 is 10.9 Å². The Balaban J connectivity index is 1.48. The van der Waals surface area contributed by atoms with Gasteiger partial charge in [0.05, 0.1) is 0 Å². The van der Waals surface area contributed by atoms with E-state index in [1.807, 2.05) is 0 Å². The lowest BCUT2D eigenvalue weighted by Gasteiger charge is -2.27. The molecule has 0 bridgehead atoms. The van der Waals surface area contributed by atoms with Gasteiger partial charge in [-0.25, -0.2) is 10.0 Å². The smallest absolute Gasteiger partial charge is 0.159 e. The number of hydrogen-bond donors (Lipinski definition) is 2. The van der Waals surface area contributed by atoms with Crippen molar-refractivity contribution >= 4 is 74.3 Å². The zero-order chi connectivity index (χ0) is 15.6. The van der Waals surface area contributed by atoms with Gasteiger partial charge >= 0.3 is 0 Å². The Bertz CT molecular complexity index is 324. The molecule has 0 unspecified atom stereocenters. The monoisotopic (exact) mass is 414 g/mol. The van der Waals surface area contributed by atoms with E-state index in [9.17, 15) is 0 Å². The van der Waals surface area contributed by atoms with Gasteiger partial charge in [0.15, 0.2) is 8.64 Å². The average molecular weight is 415 g/mol. The lowest BCUT2D eigenvalue weighted by atomic mass is 10.2. The third kappa shape index (κ3) is 8.27. The van der Waals surface area contributed by atoms with Crippen molar-refractivity contribution in [1.82, 2.24) is 20.9 Å². The molecule has 0 aliphatic carbocycles. The predicted molar refractivity (Wildman–Crippen MR) is 113 cm³/mol. The fraction of sp³-hybridized carbons (Fsp3) is 0.833. The third-order valence-electron chi connectivity index (χ3n) is 3.46. The normalized spacial score (nSPS) is 20.5. The number of rotatable bonds is 5. The van der Waals surface area contributed by atoms with E-state index in [1.54, 1.807) is 41.2 Å². The van der Waals surface area contributed by atoms with Crippen LogP contribution in [0.2, 0.25) is 0 Å². The molecule has 2 heterocycles. The van der Waals surface area contributed by atoms with Gasteiger partial charge in [-0.3, -0.25) is 0 Å². The summed E-state index contributed by atoms with van der Waals surface area (Å²) >= 11 is 10.7. The van der Waals surface area contributed by atoms with Crippen LogP contribution in [0.15, 0.2) is 0 Å². The van der Waals surface area contributed by atoms with Crippen LogP contribution in [0.25, 0.3) is 0 Å². The second-order valence-corrected chi connectivity index (χ2v) is 12.2. The SMILES string of the molecule is S=C(NN1CCCCC1)SSSSC(=S)NN1CCCCC1. The summed E-state index contributed by atoms with van der Waals surface area (Å²) in [5.41, 5.74) is 6.60. The highest BCUT2D eigenvalue weighted by Gasteiger charge is 2.13. The quantitative estimate of drug-likeness (QED) is 0.387. The number of nitrogens with zero attached hydrogens (tertiary/aromatic N) is 2. The summed E-state index contributed by atoms with van der Waals surface area (Å²) < 4.78 is 1.66. The Morgan fingerprint density at radius 2 is 1.00 bits per heavy atom. The summed E-state index contributed by atoms with van der Waals surface area (Å²) in [4.78, 5) is 0. The molecule has 2 N–H and O–H groups in total. The molecule has 0 aromatic heterocycles. The third-order valence-corrected chi connectivity index (χ3v) is 10.3. The van der Waals surface area contributed by atoms with E-state index in [4.69, 9.17) is 24.4 Å². The maximum Gasteiger partial charge on any atom is 0.159 e. The Morgan fingerprint density at radius 1 is 0.636 bits per heavy atom. The first kappa shape index (κ1) is 19.4. The lowest BCUT2D eigenvalue weighted by Crippen LogP contribution is -2.43. The molecule has 126 valence electrons. The molecule has 2 fully saturated rings. The molecule has 4 nitrogen and oxygen atoms in total. The Kier molecular flexibility index (Phi) is 10.3. The molecule has 0 radical (unpaired) electrons. The maximum atomic E-state index is 5.35. The second-order valence-electron chi connectivity index (χ2n) is 5.20. The summed E-state index contributed by atoms with van der Waals surface area (Å²) in [6, 6.07) is 0. The molecule has 2 aliphatic rings. The van der Waals surface area contributed by atoms with E-state index < -0.39 is 0 Å². The van der Waals surface area contributed by atoms with Gasteiger partial charge < -0.3 is 10.9 Å². The molecular formula is C12H22N4S6. The fourth-order valence-corrected chi connectivity index (χ4v) is 8.54.